The van der Waals surface area contributed by atoms with Crippen molar-refractivity contribution in [2.24, 2.45) is 0 Å². The predicted octanol–water partition coefficient (Wildman–Crippen LogP) is 3.40. The van der Waals surface area contributed by atoms with Crippen molar-refractivity contribution in [2.75, 3.05) is 31.7 Å². The number of nitrogens with zero attached hydrogens (tertiary/aromatic N) is 1. The zero-order chi connectivity index (χ0) is 17.6. The summed E-state index contributed by atoms with van der Waals surface area (Å²) >= 11 is 0. The van der Waals surface area contributed by atoms with Crippen LogP contribution in [0.5, 0.6) is 5.75 Å². The fraction of sp³-hybridized carbons (Fsp3) is 0.474. The number of nitrogens with one attached hydrogen (secondary N) is 1. The normalized spacial score (nSPS) is 16.8. The minimum Gasteiger partial charge on any atom is -0.494 e. The standard InChI is InChI=1S/C19H24N2O4/c1-3-23-13-7-8-17-15(10-13)18(21-11-14-6-5-9-25-14)16(12-20-17)19(22)24-4-2/h7-8,10,12,14H,3-6,9,11H2,1-2H3,(H,20,21). The molecule has 0 bridgehead atoms. The van der Waals surface area contributed by atoms with Gasteiger partial charge in [-0.1, -0.05) is 0 Å². The molecule has 134 valence electrons. The number of carbonyl (C=O) groups is 1. The van der Waals surface area contributed by atoms with Crippen molar-refractivity contribution in [3.05, 3.63) is 30.0 Å². The molecule has 2 heterocycles. The molecule has 1 aliphatic heterocycles. The molecule has 25 heavy (non-hydrogen) atoms. The van der Waals surface area contributed by atoms with Crippen LogP contribution >= 0.6 is 0 Å². The number of hydrogen-bond acceptors (Lipinski definition) is 6. The van der Waals surface area contributed by atoms with Crippen molar-refractivity contribution in [2.45, 2.75) is 32.8 Å². The second kappa shape index (κ2) is 8.16. The lowest BCUT2D eigenvalue weighted by Crippen LogP contribution is -2.20. The lowest BCUT2D eigenvalue weighted by Gasteiger charge is -2.17. The van der Waals surface area contributed by atoms with Crippen LogP contribution in [0.4, 0.5) is 5.69 Å². The molecule has 0 radical (unpaired) electrons. The van der Waals surface area contributed by atoms with E-state index in [0.29, 0.717) is 25.3 Å². The van der Waals surface area contributed by atoms with Crippen LogP contribution < -0.4 is 10.1 Å². The number of anilines is 1. The molecule has 1 aliphatic rings. The number of rotatable bonds is 7. The molecule has 0 spiro atoms. The molecule has 6 nitrogen and oxygen atoms in total. The summed E-state index contributed by atoms with van der Waals surface area (Å²) in [5.41, 5.74) is 1.95. The van der Waals surface area contributed by atoms with Gasteiger partial charge in [-0.3, -0.25) is 4.98 Å². The molecule has 1 N–H and O–H groups in total. The van der Waals surface area contributed by atoms with E-state index in [1.54, 1.807) is 13.1 Å². The minimum atomic E-state index is -0.381. The Kier molecular flexibility index (Phi) is 5.71. The quantitative estimate of drug-likeness (QED) is 0.776. The Morgan fingerprint density at radius 1 is 1.36 bits per heavy atom. The van der Waals surface area contributed by atoms with Gasteiger partial charge in [-0.2, -0.15) is 0 Å². The highest BCUT2D eigenvalue weighted by Gasteiger charge is 2.20. The fourth-order valence-corrected chi connectivity index (χ4v) is 3.00. The smallest absolute Gasteiger partial charge is 0.341 e. The van der Waals surface area contributed by atoms with E-state index in [4.69, 9.17) is 14.2 Å². The molecule has 1 atom stereocenters. The van der Waals surface area contributed by atoms with Crippen LogP contribution in [-0.4, -0.2) is 43.4 Å². The van der Waals surface area contributed by atoms with E-state index in [1.807, 2.05) is 25.1 Å². The summed E-state index contributed by atoms with van der Waals surface area (Å²) in [6.45, 7) is 6.07. The minimum absolute atomic E-state index is 0.160. The molecule has 1 unspecified atom stereocenters. The molecular formula is C19H24N2O4. The predicted molar refractivity (Wildman–Crippen MR) is 96.3 cm³/mol. The summed E-state index contributed by atoms with van der Waals surface area (Å²) in [5, 5.41) is 4.23. The van der Waals surface area contributed by atoms with E-state index in [9.17, 15) is 4.79 Å². The first-order chi connectivity index (χ1) is 12.2. The number of hydrogen-bond donors (Lipinski definition) is 1. The molecule has 1 saturated heterocycles. The van der Waals surface area contributed by atoms with Gasteiger partial charge in [0.05, 0.1) is 30.5 Å². The SMILES string of the molecule is CCOC(=O)c1cnc2ccc(OCC)cc2c1NCC1CCCO1. The monoisotopic (exact) mass is 344 g/mol. The van der Waals surface area contributed by atoms with Gasteiger partial charge in [0.15, 0.2) is 0 Å². The third kappa shape index (κ3) is 4.02. The fourth-order valence-electron chi connectivity index (χ4n) is 3.00. The highest BCUT2D eigenvalue weighted by molar-refractivity contribution is 6.05. The lowest BCUT2D eigenvalue weighted by atomic mass is 10.1. The van der Waals surface area contributed by atoms with Crippen LogP contribution in [0.25, 0.3) is 10.9 Å². The number of ether oxygens (including phenoxy) is 3. The van der Waals surface area contributed by atoms with Crippen LogP contribution in [0.3, 0.4) is 0 Å². The van der Waals surface area contributed by atoms with E-state index >= 15 is 0 Å². The van der Waals surface area contributed by atoms with Gasteiger partial charge < -0.3 is 19.5 Å². The van der Waals surface area contributed by atoms with Gasteiger partial charge in [-0.25, -0.2) is 4.79 Å². The Balaban J connectivity index is 1.99. The first-order valence-corrected chi connectivity index (χ1v) is 8.81. The van der Waals surface area contributed by atoms with Crippen molar-refractivity contribution >= 4 is 22.6 Å². The molecular weight excluding hydrogens is 320 g/mol. The molecule has 0 aliphatic carbocycles. The molecule has 2 aromatic rings. The maximum absolute atomic E-state index is 12.4. The maximum Gasteiger partial charge on any atom is 0.341 e. The van der Waals surface area contributed by atoms with Crippen molar-refractivity contribution in [1.29, 1.82) is 0 Å². The third-order valence-electron chi connectivity index (χ3n) is 4.18. The Hall–Kier alpha value is -2.34. The molecule has 1 fully saturated rings. The van der Waals surface area contributed by atoms with Crippen molar-refractivity contribution in [3.8, 4) is 5.75 Å². The van der Waals surface area contributed by atoms with Gasteiger partial charge in [-0.15, -0.1) is 0 Å². The van der Waals surface area contributed by atoms with Crippen LogP contribution in [0.2, 0.25) is 0 Å². The van der Waals surface area contributed by atoms with Crippen molar-refractivity contribution in [3.63, 3.8) is 0 Å². The number of carbonyl (C=O) groups excluding carboxylic acids is 1. The largest absolute Gasteiger partial charge is 0.494 e. The van der Waals surface area contributed by atoms with Gasteiger partial charge in [-0.05, 0) is 44.9 Å². The molecule has 1 aromatic heterocycles. The van der Waals surface area contributed by atoms with Crippen LogP contribution in [-0.2, 0) is 9.47 Å². The van der Waals surface area contributed by atoms with Gasteiger partial charge in [0.25, 0.3) is 0 Å². The number of esters is 1. The molecule has 1 aromatic carbocycles. The third-order valence-corrected chi connectivity index (χ3v) is 4.18. The molecule has 0 saturated carbocycles. The lowest BCUT2D eigenvalue weighted by molar-refractivity contribution is 0.0527. The number of benzene rings is 1. The topological polar surface area (TPSA) is 69.7 Å². The Morgan fingerprint density at radius 3 is 2.96 bits per heavy atom. The van der Waals surface area contributed by atoms with Gasteiger partial charge >= 0.3 is 5.97 Å². The first-order valence-electron chi connectivity index (χ1n) is 8.81. The summed E-state index contributed by atoms with van der Waals surface area (Å²) in [6.07, 6.45) is 3.82. The Morgan fingerprint density at radius 2 is 2.24 bits per heavy atom. The van der Waals surface area contributed by atoms with Crippen LogP contribution in [0.1, 0.15) is 37.0 Å². The zero-order valence-electron chi connectivity index (χ0n) is 14.7. The van der Waals surface area contributed by atoms with E-state index in [0.717, 1.165) is 41.8 Å². The Bertz CT molecular complexity index is 742. The van der Waals surface area contributed by atoms with E-state index in [1.165, 1.54) is 0 Å². The maximum atomic E-state index is 12.4. The van der Waals surface area contributed by atoms with E-state index < -0.39 is 0 Å². The summed E-state index contributed by atoms with van der Waals surface area (Å²) in [5.74, 6) is 0.367. The summed E-state index contributed by atoms with van der Waals surface area (Å²) in [7, 11) is 0. The van der Waals surface area contributed by atoms with Gasteiger partial charge in [0.2, 0.25) is 0 Å². The van der Waals surface area contributed by atoms with Crippen LogP contribution in [0, 0.1) is 0 Å². The summed E-state index contributed by atoms with van der Waals surface area (Å²) in [4.78, 5) is 16.7. The first kappa shape index (κ1) is 17.5. The second-order valence-electron chi connectivity index (χ2n) is 5.90. The van der Waals surface area contributed by atoms with E-state index in [-0.39, 0.29) is 12.1 Å². The Labute approximate surface area is 147 Å². The highest BCUT2D eigenvalue weighted by atomic mass is 16.5. The average molecular weight is 344 g/mol. The number of aromatic nitrogens is 1. The summed E-state index contributed by atoms with van der Waals surface area (Å²) in [6, 6.07) is 5.69. The molecule has 0 amide bonds. The second-order valence-corrected chi connectivity index (χ2v) is 5.90. The summed E-state index contributed by atoms with van der Waals surface area (Å²) < 4.78 is 16.5. The van der Waals surface area contributed by atoms with Crippen LogP contribution in [0.15, 0.2) is 24.4 Å². The highest BCUT2D eigenvalue weighted by Crippen LogP contribution is 2.30. The van der Waals surface area contributed by atoms with E-state index in [2.05, 4.69) is 10.3 Å². The average Bonchev–Trinajstić information content (AvgIpc) is 3.13. The molecule has 6 heteroatoms. The number of fused-ring (bicyclic) bond motifs is 1. The van der Waals surface area contributed by atoms with Crippen molar-refractivity contribution in [1.82, 2.24) is 4.98 Å². The zero-order valence-corrected chi connectivity index (χ0v) is 14.7. The number of pyridine rings is 1. The molecule has 3 rings (SSSR count). The van der Waals surface area contributed by atoms with Crippen molar-refractivity contribution < 1.29 is 19.0 Å². The van der Waals surface area contributed by atoms with Gasteiger partial charge in [0, 0.05) is 24.7 Å². The van der Waals surface area contributed by atoms with Gasteiger partial charge in [0.1, 0.15) is 11.3 Å².